The smallest absolute Gasteiger partial charge is 0.191 e. The fraction of sp³-hybridized carbons (Fsp3) is 0.708. The second-order valence-corrected chi connectivity index (χ2v) is 8.90. The Morgan fingerprint density at radius 3 is 2.60 bits per heavy atom. The molecule has 1 aliphatic carbocycles. The highest BCUT2D eigenvalue weighted by Gasteiger charge is 2.20. The van der Waals surface area contributed by atoms with E-state index in [9.17, 15) is 0 Å². The van der Waals surface area contributed by atoms with Crippen molar-refractivity contribution in [3.05, 3.63) is 29.3 Å². The van der Waals surface area contributed by atoms with Crippen LogP contribution in [0.1, 0.15) is 50.7 Å². The largest absolute Gasteiger partial charge is 0.490 e. The molecule has 30 heavy (non-hydrogen) atoms. The van der Waals surface area contributed by atoms with E-state index in [1.54, 1.807) is 0 Å². The number of rotatable bonds is 8. The minimum atomic E-state index is 0.366. The van der Waals surface area contributed by atoms with Gasteiger partial charge in [0.15, 0.2) is 5.96 Å². The fourth-order valence-corrected chi connectivity index (χ4v) is 4.23. The van der Waals surface area contributed by atoms with Gasteiger partial charge in [-0.2, -0.15) is 0 Å². The lowest BCUT2D eigenvalue weighted by Gasteiger charge is -2.36. The topological polar surface area (TPSA) is 52.1 Å². The second-order valence-electron chi connectivity index (χ2n) is 8.90. The number of nitrogens with zero attached hydrogens (tertiary/aromatic N) is 3. The first-order chi connectivity index (χ1) is 14.5. The highest BCUT2D eigenvalue weighted by Crippen LogP contribution is 2.28. The predicted molar refractivity (Wildman–Crippen MR) is 125 cm³/mol. The Labute approximate surface area is 183 Å². The van der Waals surface area contributed by atoms with Crippen LogP contribution in [-0.4, -0.2) is 74.2 Å². The molecule has 2 fully saturated rings. The van der Waals surface area contributed by atoms with E-state index in [0.29, 0.717) is 18.7 Å². The normalized spacial score (nSPS) is 20.3. The summed E-state index contributed by atoms with van der Waals surface area (Å²) >= 11 is 0. The van der Waals surface area contributed by atoms with Gasteiger partial charge in [0.25, 0.3) is 0 Å². The Hall–Kier alpha value is -1.79. The van der Waals surface area contributed by atoms with E-state index in [4.69, 9.17) is 9.73 Å². The third kappa shape index (κ3) is 6.88. The molecule has 0 aromatic heterocycles. The van der Waals surface area contributed by atoms with Gasteiger partial charge in [0, 0.05) is 50.9 Å². The number of aryl methyl sites for hydroxylation is 1. The number of hydrogen-bond acceptors (Lipinski definition) is 4. The molecule has 1 aliphatic heterocycles. The summed E-state index contributed by atoms with van der Waals surface area (Å²) < 4.78 is 6.35. The first-order valence-electron chi connectivity index (χ1n) is 11.8. The molecule has 1 aromatic rings. The molecule has 0 radical (unpaired) electrons. The summed E-state index contributed by atoms with van der Waals surface area (Å²) in [5, 5.41) is 6.94. The zero-order valence-electron chi connectivity index (χ0n) is 19.4. The Bertz CT molecular complexity index is 678. The number of likely N-dealkylation sites (N-methyl/N-ethyl adjacent to an activating group) is 1. The molecule has 168 valence electrons. The lowest BCUT2D eigenvalue weighted by molar-refractivity contribution is 0.120. The molecule has 0 spiro atoms. The van der Waals surface area contributed by atoms with Crippen LogP contribution in [0.25, 0.3) is 0 Å². The van der Waals surface area contributed by atoms with Crippen LogP contribution in [0.5, 0.6) is 5.75 Å². The van der Waals surface area contributed by atoms with Crippen molar-refractivity contribution in [3.8, 4) is 5.75 Å². The monoisotopic (exact) mass is 415 g/mol. The van der Waals surface area contributed by atoms with Crippen LogP contribution in [0.15, 0.2) is 23.2 Å². The minimum absolute atomic E-state index is 0.366. The maximum atomic E-state index is 6.35. The van der Waals surface area contributed by atoms with Gasteiger partial charge in [0.1, 0.15) is 5.75 Å². The Kier molecular flexibility index (Phi) is 8.82. The lowest BCUT2D eigenvalue weighted by atomic mass is 10.1. The molecule has 1 aromatic carbocycles. The molecular weight excluding hydrogens is 374 g/mol. The Morgan fingerprint density at radius 1 is 1.17 bits per heavy atom. The Balaban J connectivity index is 1.58. The summed E-state index contributed by atoms with van der Waals surface area (Å²) in [6.45, 7) is 13.5. The van der Waals surface area contributed by atoms with Crippen LogP contribution in [0.3, 0.4) is 0 Å². The first-order valence-corrected chi connectivity index (χ1v) is 11.8. The van der Waals surface area contributed by atoms with E-state index >= 15 is 0 Å². The Morgan fingerprint density at radius 2 is 1.90 bits per heavy atom. The molecule has 0 amide bonds. The molecule has 1 heterocycles. The number of aliphatic imine (C=N–C) groups is 1. The van der Waals surface area contributed by atoms with Crippen molar-refractivity contribution in [2.45, 2.75) is 65.1 Å². The number of ether oxygens (including phenoxy) is 1. The fourth-order valence-electron chi connectivity index (χ4n) is 4.23. The average Bonchev–Trinajstić information content (AvgIpc) is 3.24. The molecular formula is C24H41N5O. The van der Waals surface area contributed by atoms with Gasteiger partial charge < -0.3 is 20.3 Å². The van der Waals surface area contributed by atoms with Gasteiger partial charge in [0.2, 0.25) is 0 Å². The molecule has 1 atom stereocenters. The summed E-state index contributed by atoms with van der Waals surface area (Å²) in [6, 6.07) is 6.98. The van der Waals surface area contributed by atoms with E-state index in [2.05, 4.69) is 66.5 Å². The number of nitrogens with one attached hydrogen (secondary N) is 2. The molecule has 1 unspecified atom stereocenters. The molecule has 3 rings (SSSR count). The van der Waals surface area contributed by atoms with Gasteiger partial charge >= 0.3 is 0 Å². The van der Waals surface area contributed by atoms with Gasteiger partial charge in [-0.15, -0.1) is 0 Å². The van der Waals surface area contributed by atoms with Crippen LogP contribution in [0.4, 0.5) is 0 Å². The highest BCUT2D eigenvalue weighted by molar-refractivity contribution is 5.79. The van der Waals surface area contributed by atoms with Crippen LogP contribution < -0.4 is 15.4 Å². The lowest BCUT2D eigenvalue weighted by Crippen LogP contribution is -2.52. The SMILES string of the molecule is CCNC(=NCc1ccc(C)cc1OC1CCCC1)NCC(C)N1CCN(C)CC1. The highest BCUT2D eigenvalue weighted by atomic mass is 16.5. The first kappa shape index (κ1) is 22.9. The number of benzene rings is 1. The van der Waals surface area contributed by atoms with E-state index in [1.807, 2.05) is 0 Å². The molecule has 1 saturated carbocycles. The van der Waals surface area contributed by atoms with Gasteiger partial charge in [-0.1, -0.05) is 12.1 Å². The maximum absolute atomic E-state index is 6.35. The molecule has 2 aliphatic rings. The standard InChI is InChI=1S/C24H41N5O/c1-5-25-24(26-17-20(3)29-14-12-28(4)13-15-29)27-18-21-11-10-19(2)16-23(21)30-22-8-6-7-9-22/h10-11,16,20,22H,5-9,12-15,17-18H2,1-4H3,(H2,25,26,27). The van der Waals surface area contributed by atoms with E-state index < -0.39 is 0 Å². The third-order valence-corrected chi connectivity index (χ3v) is 6.30. The summed E-state index contributed by atoms with van der Waals surface area (Å²) in [4.78, 5) is 9.82. The van der Waals surface area contributed by atoms with Crippen LogP contribution in [-0.2, 0) is 6.54 Å². The van der Waals surface area contributed by atoms with Crippen molar-refractivity contribution < 1.29 is 4.74 Å². The van der Waals surface area contributed by atoms with Crippen molar-refractivity contribution in [3.63, 3.8) is 0 Å². The van der Waals surface area contributed by atoms with Gasteiger partial charge in [0.05, 0.1) is 12.6 Å². The minimum Gasteiger partial charge on any atom is -0.490 e. The van der Waals surface area contributed by atoms with E-state index in [0.717, 1.165) is 56.5 Å². The zero-order chi connectivity index (χ0) is 21.3. The summed E-state index contributed by atoms with van der Waals surface area (Å²) in [6.07, 6.45) is 5.27. The van der Waals surface area contributed by atoms with E-state index in [1.165, 1.54) is 31.2 Å². The molecule has 2 N–H and O–H groups in total. The molecule has 6 nitrogen and oxygen atoms in total. The van der Waals surface area contributed by atoms with E-state index in [-0.39, 0.29) is 0 Å². The van der Waals surface area contributed by atoms with Gasteiger partial charge in [-0.05, 0) is 65.1 Å². The number of hydrogen-bond donors (Lipinski definition) is 2. The zero-order valence-corrected chi connectivity index (χ0v) is 19.4. The maximum Gasteiger partial charge on any atom is 0.191 e. The van der Waals surface area contributed by atoms with Gasteiger partial charge in [-0.3, -0.25) is 4.90 Å². The quantitative estimate of drug-likeness (QED) is 0.505. The number of piperazine rings is 1. The van der Waals surface area contributed by atoms with Crippen molar-refractivity contribution >= 4 is 5.96 Å². The molecule has 6 heteroatoms. The van der Waals surface area contributed by atoms with Crippen molar-refractivity contribution in [2.75, 3.05) is 46.3 Å². The third-order valence-electron chi connectivity index (χ3n) is 6.30. The average molecular weight is 416 g/mol. The molecule has 1 saturated heterocycles. The summed E-state index contributed by atoms with van der Waals surface area (Å²) in [5.41, 5.74) is 2.40. The van der Waals surface area contributed by atoms with Crippen LogP contribution >= 0.6 is 0 Å². The predicted octanol–water partition coefficient (Wildman–Crippen LogP) is 3.01. The van der Waals surface area contributed by atoms with Crippen LogP contribution in [0, 0.1) is 6.92 Å². The van der Waals surface area contributed by atoms with Gasteiger partial charge in [-0.25, -0.2) is 4.99 Å². The second kappa shape index (κ2) is 11.6. The van der Waals surface area contributed by atoms with Crippen molar-refractivity contribution in [2.24, 2.45) is 4.99 Å². The summed E-state index contributed by atoms with van der Waals surface area (Å²) in [7, 11) is 2.20. The van der Waals surface area contributed by atoms with Crippen LogP contribution in [0.2, 0.25) is 0 Å². The molecule has 0 bridgehead atoms. The number of guanidine groups is 1. The van der Waals surface area contributed by atoms with Crippen molar-refractivity contribution in [1.82, 2.24) is 20.4 Å². The van der Waals surface area contributed by atoms with Crippen molar-refractivity contribution in [1.29, 1.82) is 0 Å². The summed E-state index contributed by atoms with van der Waals surface area (Å²) in [5.74, 6) is 1.89.